The molecule has 0 saturated heterocycles. The summed E-state index contributed by atoms with van der Waals surface area (Å²) < 4.78 is 4.62. The Morgan fingerprint density at radius 1 is 0.391 bits per heavy atom. The molecular formula is C42H26N4. The van der Waals surface area contributed by atoms with E-state index in [1.165, 1.54) is 43.4 Å². The predicted octanol–water partition coefficient (Wildman–Crippen LogP) is 10.6. The van der Waals surface area contributed by atoms with Crippen molar-refractivity contribution in [1.29, 1.82) is 0 Å². The molecule has 0 unspecified atom stereocenters. The molecule has 0 saturated carbocycles. The zero-order valence-corrected chi connectivity index (χ0v) is 24.8. The lowest BCUT2D eigenvalue weighted by Gasteiger charge is -2.12. The molecule has 4 heteroatoms. The molecular weight excluding hydrogens is 560 g/mol. The minimum absolute atomic E-state index is 0.668. The summed E-state index contributed by atoms with van der Waals surface area (Å²) in [5.74, 6) is 0.668. The first-order valence-electron chi connectivity index (χ1n) is 15.6. The number of nitrogens with zero attached hydrogens (tertiary/aromatic N) is 4. The Morgan fingerprint density at radius 2 is 0.978 bits per heavy atom. The molecule has 0 spiro atoms. The average Bonchev–Trinajstić information content (AvgIpc) is 3.65. The summed E-state index contributed by atoms with van der Waals surface area (Å²) in [5, 5.41) is 8.35. The van der Waals surface area contributed by atoms with Gasteiger partial charge in [0.1, 0.15) is 0 Å². The van der Waals surface area contributed by atoms with Crippen molar-refractivity contribution in [2.75, 3.05) is 0 Å². The number of hydrogen-bond donors (Lipinski definition) is 0. The fourth-order valence-electron chi connectivity index (χ4n) is 7.31. The van der Waals surface area contributed by atoms with Crippen LogP contribution < -0.4 is 0 Å². The maximum absolute atomic E-state index is 5.27. The predicted molar refractivity (Wildman–Crippen MR) is 191 cm³/mol. The molecule has 0 aliphatic carbocycles. The molecule has 0 radical (unpaired) electrons. The Kier molecular flexibility index (Phi) is 5.25. The van der Waals surface area contributed by atoms with Crippen LogP contribution in [0.2, 0.25) is 0 Å². The zero-order chi connectivity index (χ0) is 30.2. The van der Waals surface area contributed by atoms with Gasteiger partial charge in [-0.3, -0.25) is 4.57 Å². The van der Waals surface area contributed by atoms with Gasteiger partial charge < -0.3 is 4.57 Å². The fourth-order valence-corrected chi connectivity index (χ4v) is 7.31. The third-order valence-electron chi connectivity index (χ3n) is 9.32. The highest BCUT2D eigenvalue weighted by Gasteiger charge is 2.19. The summed E-state index contributed by atoms with van der Waals surface area (Å²) in [6.07, 6.45) is 0. The van der Waals surface area contributed by atoms with Crippen LogP contribution >= 0.6 is 0 Å². The van der Waals surface area contributed by atoms with Gasteiger partial charge in [-0.15, -0.1) is 0 Å². The molecule has 0 atom stereocenters. The first kappa shape index (κ1) is 25.1. The van der Waals surface area contributed by atoms with Crippen LogP contribution in [0.3, 0.4) is 0 Å². The molecule has 10 rings (SSSR count). The number of rotatable bonds is 3. The van der Waals surface area contributed by atoms with E-state index in [9.17, 15) is 0 Å². The molecule has 4 nitrogen and oxygen atoms in total. The van der Waals surface area contributed by atoms with Crippen molar-refractivity contribution in [3.8, 4) is 22.9 Å². The van der Waals surface area contributed by atoms with Gasteiger partial charge in [0, 0.05) is 38.2 Å². The van der Waals surface area contributed by atoms with Gasteiger partial charge in [0.25, 0.3) is 0 Å². The minimum atomic E-state index is 0.668. The molecule has 0 N–H and O–H groups in total. The summed E-state index contributed by atoms with van der Waals surface area (Å²) in [4.78, 5) is 10.4. The minimum Gasteiger partial charge on any atom is -0.309 e. The molecule has 0 aliphatic heterocycles. The summed E-state index contributed by atoms with van der Waals surface area (Å²) in [6.45, 7) is 0. The Hall–Kier alpha value is -6.26. The number of hydrogen-bond acceptors (Lipinski definition) is 2. The lowest BCUT2D eigenvalue weighted by molar-refractivity contribution is 1.01. The van der Waals surface area contributed by atoms with E-state index >= 15 is 0 Å². The van der Waals surface area contributed by atoms with E-state index < -0.39 is 0 Å². The number of fused-ring (bicyclic) bond motifs is 9. The lowest BCUT2D eigenvalue weighted by atomic mass is 10.0. The highest BCUT2D eigenvalue weighted by atomic mass is 15.2. The molecule has 3 aromatic heterocycles. The maximum atomic E-state index is 5.27. The van der Waals surface area contributed by atoms with Gasteiger partial charge in [0.2, 0.25) is 5.95 Å². The molecule has 0 aliphatic rings. The quantitative estimate of drug-likeness (QED) is 0.206. The highest BCUT2D eigenvalue weighted by molar-refractivity contribution is 6.21. The van der Waals surface area contributed by atoms with Crippen LogP contribution in [0, 0.1) is 0 Å². The second-order valence-corrected chi connectivity index (χ2v) is 11.8. The maximum Gasteiger partial charge on any atom is 0.235 e. The van der Waals surface area contributed by atoms with E-state index in [-0.39, 0.29) is 0 Å². The number of benzene rings is 7. The summed E-state index contributed by atoms with van der Waals surface area (Å²) in [7, 11) is 0. The third kappa shape index (κ3) is 3.55. The Balaban J connectivity index is 1.29. The highest BCUT2D eigenvalue weighted by Crippen LogP contribution is 2.39. The van der Waals surface area contributed by atoms with Crippen LogP contribution in [-0.2, 0) is 0 Å². The number of para-hydroxylation sites is 4. The van der Waals surface area contributed by atoms with Crippen molar-refractivity contribution in [3.05, 3.63) is 158 Å². The standard InChI is InChI=1S/C42H26N4/c1-2-12-28(13-3-1)41-32-16-4-8-18-35(32)43-42(44-41)46-38-21-11-7-17-33(38)40-34-26-29(24-22-27(34)23-25-39(40)46)45-36-19-9-5-14-30(36)31-15-6-10-20-37(31)45/h1-26H. The molecule has 46 heavy (non-hydrogen) atoms. The Morgan fingerprint density at radius 3 is 1.72 bits per heavy atom. The van der Waals surface area contributed by atoms with Crippen LogP contribution in [0.4, 0.5) is 0 Å². The number of aromatic nitrogens is 4. The smallest absolute Gasteiger partial charge is 0.235 e. The van der Waals surface area contributed by atoms with E-state index in [1.807, 2.05) is 12.1 Å². The van der Waals surface area contributed by atoms with Gasteiger partial charge in [0.05, 0.1) is 33.3 Å². The molecule has 7 aromatic carbocycles. The molecule has 0 fully saturated rings. The van der Waals surface area contributed by atoms with Gasteiger partial charge in [-0.05, 0) is 53.2 Å². The topological polar surface area (TPSA) is 35.6 Å². The third-order valence-corrected chi connectivity index (χ3v) is 9.32. The average molecular weight is 587 g/mol. The van der Waals surface area contributed by atoms with Gasteiger partial charge in [-0.1, -0.05) is 115 Å². The molecule has 0 bridgehead atoms. The van der Waals surface area contributed by atoms with Crippen molar-refractivity contribution in [1.82, 2.24) is 19.1 Å². The first-order chi connectivity index (χ1) is 22.8. The monoisotopic (exact) mass is 586 g/mol. The van der Waals surface area contributed by atoms with E-state index in [4.69, 9.17) is 9.97 Å². The zero-order valence-electron chi connectivity index (χ0n) is 24.8. The SMILES string of the molecule is c1ccc(-c2nc(-n3c4ccccc4c4c5cc(-n6c7ccccc7c7ccccc76)ccc5ccc43)nc3ccccc23)cc1. The van der Waals surface area contributed by atoms with Crippen molar-refractivity contribution in [3.63, 3.8) is 0 Å². The summed E-state index contributed by atoms with van der Waals surface area (Å²) >= 11 is 0. The van der Waals surface area contributed by atoms with Gasteiger partial charge in [0.15, 0.2) is 0 Å². The van der Waals surface area contributed by atoms with Crippen LogP contribution in [0.15, 0.2) is 158 Å². The lowest BCUT2D eigenvalue weighted by Crippen LogP contribution is -2.03. The second kappa shape index (κ2) is 9.62. The van der Waals surface area contributed by atoms with Crippen LogP contribution in [0.5, 0.6) is 0 Å². The van der Waals surface area contributed by atoms with E-state index in [0.717, 1.165) is 38.9 Å². The summed E-state index contributed by atoms with van der Waals surface area (Å²) in [6, 6.07) is 56.0. The Labute approximate surface area is 264 Å². The van der Waals surface area contributed by atoms with Crippen molar-refractivity contribution >= 4 is 65.3 Å². The second-order valence-electron chi connectivity index (χ2n) is 11.8. The van der Waals surface area contributed by atoms with Crippen LogP contribution in [0.1, 0.15) is 0 Å². The fraction of sp³-hybridized carbons (Fsp3) is 0. The van der Waals surface area contributed by atoms with Gasteiger partial charge >= 0.3 is 0 Å². The molecule has 214 valence electrons. The van der Waals surface area contributed by atoms with Crippen molar-refractivity contribution < 1.29 is 0 Å². The van der Waals surface area contributed by atoms with Crippen LogP contribution in [0.25, 0.3) is 88.2 Å². The normalized spacial score (nSPS) is 11.9. The van der Waals surface area contributed by atoms with Gasteiger partial charge in [-0.2, -0.15) is 0 Å². The van der Waals surface area contributed by atoms with Crippen molar-refractivity contribution in [2.45, 2.75) is 0 Å². The molecule has 0 amide bonds. The molecule has 10 aromatic rings. The van der Waals surface area contributed by atoms with Gasteiger partial charge in [-0.25, -0.2) is 9.97 Å². The van der Waals surface area contributed by atoms with E-state index in [2.05, 4.69) is 155 Å². The Bertz CT molecular complexity index is 2750. The largest absolute Gasteiger partial charge is 0.309 e. The molecule has 3 heterocycles. The van der Waals surface area contributed by atoms with Crippen molar-refractivity contribution in [2.24, 2.45) is 0 Å². The van der Waals surface area contributed by atoms with E-state index in [1.54, 1.807) is 0 Å². The first-order valence-corrected chi connectivity index (χ1v) is 15.6. The summed E-state index contributed by atoms with van der Waals surface area (Å²) in [5.41, 5.74) is 8.65. The van der Waals surface area contributed by atoms with Crippen LogP contribution in [-0.4, -0.2) is 19.1 Å². The van der Waals surface area contributed by atoms with E-state index in [0.29, 0.717) is 5.95 Å².